The predicted octanol–water partition coefficient (Wildman–Crippen LogP) is 3.96. The Bertz CT molecular complexity index is 606. The van der Waals surface area contributed by atoms with E-state index in [2.05, 4.69) is 21.2 Å². The zero-order chi connectivity index (χ0) is 13.7. The fourth-order valence-corrected chi connectivity index (χ4v) is 1.78. The minimum absolute atomic E-state index is 0.101. The van der Waals surface area contributed by atoms with Crippen LogP contribution < -0.4 is 5.32 Å². The van der Waals surface area contributed by atoms with Gasteiger partial charge in [-0.15, -0.1) is 0 Å². The molecule has 0 radical (unpaired) electrons. The first-order valence-corrected chi connectivity index (χ1v) is 6.47. The summed E-state index contributed by atoms with van der Waals surface area (Å²) in [6.45, 7) is 0. The Morgan fingerprint density at radius 1 is 1.11 bits per heavy atom. The van der Waals surface area contributed by atoms with Gasteiger partial charge in [-0.1, -0.05) is 28.1 Å². The standard InChI is InChI=1S/C15H12BrNO2/c16-12-7-5-11(6-8-12)14(18)9-10-17-13-3-1-2-4-15(13)19/h1-10,17,19H. The van der Waals surface area contributed by atoms with Crippen molar-refractivity contribution in [1.82, 2.24) is 0 Å². The molecule has 2 N–H and O–H groups in total. The molecule has 96 valence electrons. The van der Waals surface area contributed by atoms with Crippen molar-refractivity contribution < 1.29 is 9.90 Å². The molecule has 2 rings (SSSR count). The van der Waals surface area contributed by atoms with E-state index in [0.29, 0.717) is 11.3 Å². The Morgan fingerprint density at radius 2 is 1.79 bits per heavy atom. The molecule has 4 heteroatoms. The molecular formula is C15H12BrNO2. The molecule has 0 saturated carbocycles. The third kappa shape index (κ3) is 3.69. The largest absolute Gasteiger partial charge is 0.506 e. The lowest BCUT2D eigenvalue weighted by atomic mass is 10.1. The van der Waals surface area contributed by atoms with Crippen molar-refractivity contribution in [3.8, 4) is 5.75 Å². The Hall–Kier alpha value is -2.07. The number of anilines is 1. The second-order valence-electron chi connectivity index (χ2n) is 3.87. The number of halogens is 1. The van der Waals surface area contributed by atoms with E-state index in [-0.39, 0.29) is 11.5 Å². The van der Waals surface area contributed by atoms with Crippen molar-refractivity contribution in [2.45, 2.75) is 0 Å². The van der Waals surface area contributed by atoms with Gasteiger partial charge in [-0.2, -0.15) is 0 Å². The maximum Gasteiger partial charge on any atom is 0.187 e. The molecule has 2 aromatic rings. The molecule has 0 aliphatic rings. The molecular weight excluding hydrogens is 306 g/mol. The first-order valence-electron chi connectivity index (χ1n) is 5.68. The number of hydrogen-bond acceptors (Lipinski definition) is 3. The molecule has 0 heterocycles. The van der Waals surface area contributed by atoms with Gasteiger partial charge < -0.3 is 10.4 Å². The number of allylic oxidation sites excluding steroid dienone is 1. The fourth-order valence-electron chi connectivity index (χ4n) is 1.51. The molecule has 19 heavy (non-hydrogen) atoms. The second-order valence-corrected chi connectivity index (χ2v) is 4.78. The van der Waals surface area contributed by atoms with Gasteiger partial charge in [0.05, 0.1) is 5.69 Å². The lowest BCUT2D eigenvalue weighted by Crippen LogP contribution is -1.96. The SMILES string of the molecule is O=C(C=CNc1ccccc1O)c1ccc(Br)cc1. The van der Waals surface area contributed by atoms with E-state index in [9.17, 15) is 9.90 Å². The molecule has 0 spiro atoms. The van der Waals surface area contributed by atoms with Crippen LogP contribution in [0.3, 0.4) is 0 Å². The molecule has 3 nitrogen and oxygen atoms in total. The van der Waals surface area contributed by atoms with E-state index in [0.717, 1.165) is 4.47 Å². The summed E-state index contributed by atoms with van der Waals surface area (Å²) in [6.07, 6.45) is 2.94. The highest BCUT2D eigenvalue weighted by Crippen LogP contribution is 2.21. The van der Waals surface area contributed by atoms with E-state index in [1.165, 1.54) is 12.3 Å². The minimum Gasteiger partial charge on any atom is -0.506 e. The number of para-hydroxylation sites is 2. The number of rotatable bonds is 4. The van der Waals surface area contributed by atoms with Crippen LogP contribution in [0.15, 0.2) is 65.3 Å². The first kappa shape index (κ1) is 13.4. The predicted molar refractivity (Wildman–Crippen MR) is 79.3 cm³/mol. The molecule has 0 bridgehead atoms. The van der Waals surface area contributed by atoms with Crippen molar-refractivity contribution in [1.29, 1.82) is 0 Å². The van der Waals surface area contributed by atoms with Gasteiger partial charge in [0.1, 0.15) is 5.75 Å². The van der Waals surface area contributed by atoms with Crippen molar-refractivity contribution in [3.05, 3.63) is 70.8 Å². The van der Waals surface area contributed by atoms with Crippen LogP contribution in [0, 0.1) is 0 Å². The summed E-state index contributed by atoms with van der Waals surface area (Å²) >= 11 is 3.32. The summed E-state index contributed by atoms with van der Waals surface area (Å²) in [5.74, 6) is 0.0404. The Labute approximate surface area is 119 Å². The zero-order valence-electron chi connectivity index (χ0n) is 10.0. The zero-order valence-corrected chi connectivity index (χ0v) is 11.6. The van der Waals surface area contributed by atoms with E-state index in [4.69, 9.17) is 0 Å². The number of phenolic OH excluding ortho intramolecular Hbond substituents is 1. The van der Waals surface area contributed by atoms with Gasteiger partial charge in [0.2, 0.25) is 0 Å². The van der Waals surface area contributed by atoms with Gasteiger partial charge in [-0.05, 0) is 36.4 Å². The average molecular weight is 318 g/mol. The van der Waals surface area contributed by atoms with Crippen molar-refractivity contribution in [2.24, 2.45) is 0 Å². The van der Waals surface area contributed by atoms with Crippen LogP contribution in [0.2, 0.25) is 0 Å². The third-order valence-corrected chi connectivity index (χ3v) is 3.03. The number of benzene rings is 2. The molecule has 2 aromatic carbocycles. The van der Waals surface area contributed by atoms with Crippen LogP contribution in [0.1, 0.15) is 10.4 Å². The van der Waals surface area contributed by atoms with Crippen LogP contribution >= 0.6 is 15.9 Å². The minimum atomic E-state index is -0.101. The average Bonchev–Trinajstić information content (AvgIpc) is 2.41. The second kappa shape index (κ2) is 6.20. The van der Waals surface area contributed by atoms with Crippen molar-refractivity contribution >= 4 is 27.4 Å². The number of aromatic hydroxyl groups is 1. The number of hydrogen-bond donors (Lipinski definition) is 2. The summed E-state index contributed by atoms with van der Waals surface area (Å²) in [4.78, 5) is 11.8. The smallest absolute Gasteiger partial charge is 0.187 e. The Morgan fingerprint density at radius 3 is 2.47 bits per heavy atom. The topological polar surface area (TPSA) is 49.3 Å². The summed E-state index contributed by atoms with van der Waals surface area (Å²) in [6, 6.07) is 14.0. The number of nitrogens with one attached hydrogen (secondary N) is 1. The monoisotopic (exact) mass is 317 g/mol. The number of ketones is 1. The van der Waals surface area contributed by atoms with Crippen LogP contribution in [-0.2, 0) is 0 Å². The van der Waals surface area contributed by atoms with E-state index in [1.54, 1.807) is 36.4 Å². The lowest BCUT2D eigenvalue weighted by Gasteiger charge is -2.02. The number of carbonyl (C=O) groups excluding carboxylic acids is 1. The van der Waals surface area contributed by atoms with E-state index < -0.39 is 0 Å². The highest BCUT2D eigenvalue weighted by Gasteiger charge is 2.01. The quantitative estimate of drug-likeness (QED) is 0.509. The van der Waals surface area contributed by atoms with Gasteiger partial charge in [-0.25, -0.2) is 0 Å². The van der Waals surface area contributed by atoms with Crippen LogP contribution in [0.4, 0.5) is 5.69 Å². The van der Waals surface area contributed by atoms with Gasteiger partial charge in [0.25, 0.3) is 0 Å². The number of carbonyl (C=O) groups is 1. The van der Waals surface area contributed by atoms with Gasteiger partial charge in [-0.3, -0.25) is 4.79 Å². The molecule has 0 aliphatic carbocycles. The first-order chi connectivity index (χ1) is 9.16. The summed E-state index contributed by atoms with van der Waals surface area (Å²) in [5, 5.41) is 12.4. The Balaban J connectivity index is 2.01. The molecule has 0 amide bonds. The van der Waals surface area contributed by atoms with Crippen LogP contribution in [0.5, 0.6) is 5.75 Å². The maximum atomic E-state index is 11.8. The van der Waals surface area contributed by atoms with E-state index >= 15 is 0 Å². The highest BCUT2D eigenvalue weighted by atomic mass is 79.9. The lowest BCUT2D eigenvalue weighted by molar-refractivity contribution is 0.104. The summed E-state index contributed by atoms with van der Waals surface area (Å²) in [7, 11) is 0. The summed E-state index contributed by atoms with van der Waals surface area (Å²) < 4.78 is 0.931. The maximum absolute atomic E-state index is 11.8. The van der Waals surface area contributed by atoms with Gasteiger partial charge >= 0.3 is 0 Å². The molecule has 0 aromatic heterocycles. The molecule has 0 saturated heterocycles. The van der Waals surface area contributed by atoms with Crippen LogP contribution in [0.25, 0.3) is 0 Å². The molecule has 0 unspecified atom stereocenters. The fraction of sp³-hybridized carbons (Fsp3) is 0. The van der Waals surface area contributed by atoms with E-state index in [1.807, 2.05) is 12.1 Å². The summed E-state index contributed by atoms with van der Waals surface area (Å²) in [5.41, 5.74) is 1.17. The molecule has 0 aliphatic heterocycles. The van der Waals surface area contributed by atoms with Gasteiger partial charge in [0.15, 0.2) is 5.78 Å². The van der Waals surface area contributed by atoms with Crippen molar-refractivity contribution in [2.75, 3.05) is 5.32 Å². The molecule has 0 atom stereocenters. The molecule has 0 fully saturated rings. The Kier molecular flexibility index (Phi) is 4.36. The highest BCUT2D eigenvalue weighted by molar-refractivity contribution is 9.10. The third-order valence-electron chi connectivity index (χ3n) is 2.51. The van der Waals surface area contributed by atoms with Crippen LogP contribution in [-0.4, -0.2) is 10.9 Å². The normalized spacial score (nSPS) is 10.6. The number of phenols is 1. The van der Waals surface area contributed by atoms with Crippen molar-refractivity contribution in [3.63, 3.8) is 0 Å². The van der Waals surface area contributed by atoms with Gasteiger partial charge in [0, 0.05) is 22.3 Å².